The second kappa shape index (κ2) is 7.10. The van der Waals surface area contributed by atoms with Gasteiger partial charge in [-0.25, -0.2) is 4.98 Å². The zero-order valence-corrected chi connectivity index (χ0v) is 12.5. The van der Waals surface area contributed by atoms with E-state index in [0.717, 1.165) is 25.3 Å². The fraction of sp³-hybridized carbons (Fsp3) is 0.438. The van der Waals surface area contributed by atoms with Crippen LogP contribution in [-0.4, -0.2) is 23.2 Å². The third-order valence-electron chi connectivity index (χ3n) is 3.36. The molecule has 0 amide bonds. The van der Waals surface area contributed by atoms with Gasteiger partial charge in [-0.05, 0) is 44.5 Å². The highest BCUT2D eigenvalue weighted by atomic mass is 16.5. The number of rotatable bonds is 7. The molecule has 0 saturated heterocycles. The molecule has 1 heterocycles. The van der Waals surface area contributed by atoms with Gasteiger partial charge in [0.2, 0.25) is 0 Å². The quantitative estimate of drug-likeness (QED) is 0.788. The molecular formula is C16H23N3O. The van der Waals surface area contributed by atoms with Gasteiger partial charge in [0.25, 0.3) is 0 Å². The summed E-state index contributed by atoms with van der Waals surface area (Å²) in [6.07, 6.45) is 4.84. The average molecular weight is 273 g/mol. The summed E-state index contributed by atoms with van der Waals surface area (Å²) in [7, 11) is 1.69. The van der Waals surface area contributed by atoms with Crippen LogP contribution in [0.5, 0.6) is 5.75 Å². The van der Waals surface area contributed by atoms with Crippen LogP contribution in [0.25, 0.3) is 0 Å². The summed E-state index contributed by atoms with van der Waals surface area (Å²) >= 11 is 0. The van der Waals surface area contributed by atoms with Gasteiger partial charge < -0.3 is 14.6 Å². The van der Waals surface area contributed by atoms with Crippen LogP contribution in [-0.2, 0) is 13.0 Å². The fourth-order valence-corrected chi connectivity index (χ4v) is 2.18. The maximum absolute atomic E-state index is 5.15. The van der Waals surface area contributed by atoms with E-state index >= 15 is 0 Å². The molecule has 4 heteroatoms. The van der Waals surface area contributed by atoms with Crippen LogP contribution in [0.4, 0.5) is 0 Å². The monoisotopic (exact) mass is 273 g/mol. The maximum Gasteiger partial charge on any atom is 0.118 e. The molecule has 0 aliphatic carbocycles. The van der Waals surface area contributed by atoms with Crippen molar-refractivity contribution in [2.24, 2.45) is 0 Å². The number of aromatic nitrogens is 2. The zero-order chi connectivity index (χ0) is 14.4. The van der Waals surface area contributed by atoms with E-state index in [1.165, 1.54) is 11.3 Å². The zero-order valence-electron chi connectivity index (χ0n) is 12.5. The molecule has 20 heavy (non-hydrogen) atoms. The topological polar surface area (TPSA) is 39.1 Å². The number of imidazole rings is 1. The summed E-state index contributed by atoms with van der Waals surface area (Å²) in [5.74, 6) is 0.905. The molecule has 0 radical (unpaired) electrons. The Bertz CT molecular complexity index is 517. The summed E-state index contributed by atoms with van der Waals surface area (Å²) in [4.78, 5) is 4.21. The van der Waals surface area contributed by atoms with Gasteiger partial charge in [-0.2, -0.15) is 0 Å². The Kier molecular flexibility index (Phi) is 5.18. The molecule has 108 valence electrons. The van der Waals surface area contributed by atoms with E-state index in [9.17, 15) is 0 Å². The summed E-state index contributed by atoms with van der Waals surface area (Å²) in [5.41, 5.74) is 2.55. The Hall–Kier alpha value is -1.81. The number of hydrogen-bond acceptors (Lipinski definition) is 3. The summed E-state index contributed by atoms with van der Waals surface area (Å²) in [6.45, 7) is 6.15. The van der Waals surface area contributed by atoms with Crippen LogP contribution in [0.2, 0.25) is 0 Å². The number of benzene rings is 1. The molecule has 0 saturated carbocycles. The highest BCUT2D eigenvalue weighted by molar-refractivity contribution is 5.27. The lowest BCUT2D eigenvalue weighted by Gasteiger charge is -2.12. The third kappa shape index (κ3) is 3.84. The van der Waals surface area contributed by atoms with Crippen molar-refractivity contribution in [2.45, 2.75) is 32.9 Å². The Morgan fingerprint density at radius 3 is 2.65 bits per heavy atom. The Labute approximate surface area is 120 Å². The van der Waals surface area contributed by atoms with Gasteiger partial charge in [-0.15, -0.1) is 0 Å². The van der Waals surface area contributed by atoms with Gasteiger partial charge in [0.05, 0.1) is 19.1 Å². The van der Waals surface area contributed by atoms with E-state index in [4.69, 9.17) is 4.74 Å². The van der Waals surface area contributed by atoms with Crippen molar-refractivity contribution in [3.63, 3.8) is 0 Å². The van der Waals surface area contributed by atoms with Gasteiger partial charge in [-0.1, -0.05) is 12.1 Å². The molecule has 2 rings (SSSR count). The Morgan fingerprint density at radius 2 is 2.00 bits per heavy atom. The molecule has 0 bridgehead atoms. The first-order chi connectivity index (χ1) is 9.70. The van der Waals surface area contributed by atoms with E-state index in [2.05, 4.69) is 40.8 Å². The van der Waals surface area contributed by atoms with Crippen LogP contribution < -0.4 is 10.1 Å². The van der Waals surface area contributed by atoms with Gasteiger partial charge >= 0.3 is 0 Å². The Balaban J connectivity index is 1.77. The van der Waals surface area contributed by atoms with E-state index in [-0.39, 0.29) is 0 Å². The highest BCUT2D eigenvalue weighted by Gasteiger charge is 2.04. The van der Waals surface area contributed by atoms with Crippen molar-refractivity contribution >= 4 is 0 Å². The number of hydrogen-bond donors (Lipinski definition) is 1. The molecular weight excluding hydrogens is 250 g/mol. The summed E-state index contributed by atoms with van der Waals surface area (Å²) in [6, 6.07) is 8.68. The van der Waals surface area contributed by atoms with Crippen molar-refractivity contribution in [2.75, 3.05) is 13.7 Å². The van der Waals surface area contributed by atoms with Crippen molar-refractivity contribution in [1.29, 1.82) is 0 Å². The van der Waals surface area contributed by atoms with Gasteiger partial charge in [0.1, 0.15) is 5.75 Å². The number of methoxy groups -OCH3 is 1. The van der Waals surface area contributed by atoms with E-state index in [1.54, 1.807) is 7.11 Å². The van der Waals surface area contributed by atoms with Crippen LogP contribution in [0.15, 0.2) is 36.8 Å². The first-order valence-electron chi connectivity index (χ1n) is 7.05. The van der Waals surface area contributed by atoms with Crippen LogP contribution in [0.3, 0.4) is 0 Å². The van der Waals surface area contributed by atoms with E-state index in [0.29, 0.717) is 6.04 Å². The summed E-state index contributed by atoms with van der Waals surface area (Å²) < 4.78 is 7.35. The number of nitrogens with one attached hydrogen (secondary N) is 1. The minimum Gasteiger partial charge on any atom is -0.497 e. The lowest BCUT2D eigenvalue weighted by Crippen LogP contribution is -2.19. The predicted molar refractivity (Wildman–Crippen MR) is 81.0 cm³/mol. The van der Waals surface area contributed by atoms with Crippen molar-refractivity contribution in [3.8, 4) is 5.75 Å². The molecule has 0 fully saturated rings. The van der Waals surface area contributed by atoms with Crippen LogP contribution >= 0.6 is 0 Å². The molecule has 0 unspecified atom stereocenters. The van der Waals surface area contributed by atoms with Gasteiger partial charge in [0.15, 0.2) is 0 Å². The van der Waals surface area contributed by atoms with E-state index < -0.39 is 0 Å². The highest BCUT2D eigenvalue weighted by Crippen LogP contribution is 2.11. The maximum atomic E-state index is 5.15. The lowest BCUT2D eigenvalue weighted by molar-refractivity contribution is 0.414. The number of ether oxygens (including phenoxy) is 1. The predicted octanol–water partition coefficient (Wildman–Crippen LogP) is 2.80. The average Bonchev–Trinajstić information content (AvgIpc) is 2.93. The van der Waals surface area contributed by atoms with Crippen LogP contribution in [0, 0.1) is 0 Å². The largest absolute Gasteiger partial charge is 0.497 e. The molecule has 2 aromatic rings. The van der Waals surface area contributed by atoms with Crippen LogP contribution in [0.1, 0.15) is 31.1 Å². The smallest absolute Gasteiger partial charge is 0.118 e. The standard InChI is InChI=1S/C16H23N3O/c1-13(2)19-12-18-11-15(19)10-17-9-8-14-4-6-16(20-3)7-5-14/h4-7,11-13,17H,8-10H2,1-3H3. The Morgan fingerprint density at radius 1 is 1.25 bits per heavy atom. The van der Waals surface area contributed by atoms with Gasteiger partial charge in [0, 0.05) is 18.8 Å². The minimum absolute atomic E-state index is 0.455. The van der Waals surface area contributed by atoms with Gasteiger partial charge in [-0.3, -0.25) is 0 Å². The first kappa shape index (κ1) is 14.6. The third-order valence-corrected chi connectivity index (χ3v) is 3.36. The minimum atomic E-state index is 0.455. The molecule has 1 N–H and O–H groups in total. The van der Waals surface area contributed by atoms with Crippen molar-refractivity contribution < 1.29 is 4.74 Å². The molecule has 0 aliphatic heterocycles. The number of nitrogens with zero attached hydrogens (tertiary/aromatic N) is 2. The summed E-state index contributed by atoms with van der Waals surface area (Å²) in [5, 5.41) is 3.47. The first-order valence-corrected chi connectivity index (χ1v) is 7.05. The molecule has 1 aromatic carbocycles. The lowest BCUT2D eigenvalue weighted by atomic mass is 10.1. The molecule has 0 aliphatic rings. The molecule has 0 spiro atoms. The normalized spacial score (nSPS) is 11.0. The SMILES string of the molecule is COc1ccc(CCNCc2cncn2C(C)C)cc1. The molecule has 0 atom stereocenters. The van der Waals surface area contributed by atoms with Crippen molar-refractivity contribution in [3.05, 3.63) is 48.0 Å². The molecule has 4 nitrogen and oxygen atoms in total. The van der Waals surface area contributed by atoms with Crippen molar-refractivity contribution in [1.82, 2.24) is 14.9 Å². The second-order valence-electron chi connectivity index (χ2n) is 5.16. The fourth-order valence-electron chi connectivity index (χ4n) is 2.18. The molecule has 1 aromatic heterocycles. The van der Waals surface area contributed by atoms with E-state index in [1.807, 2.05) is 24.7 Å². The second-order valence-corrected chi connectivity index (χ2v) is 5.16.